The van der Waals surface area contributed by atoms with Gasteiger partial charge in [0.1, 0.15) is 0 Å². The van der Waals surface area contributed by atoms with Crippen molar-refractivity contribution in [1.29, 1.82) is 0 Å². The Labute approximate surface area is 101 Å². The molecule has 16 heavy (non-hydrogen) atoms. The number of rotatable bonds is 6. The van der Waals surface area contributed by atoms with Gasteiger partial charge in [-0.3, -0.25) is 0 Å². The molecule has 1 nitrogen and oxygen atoms in total. The molecule has 0 heterocycles. The summed E-state index contributed by atoms with van der Waals surface area (Å²) in [5.74, 6) is 0.749. The van der Waals surface area contributed by atoms with Crippen molar-refractivity contribution < 1.29 is 4.43 Å². The van der Waals surface area contributed by atoms with Gasteiger partial charge in [0.15, 0.2) is 8.32 Å². The lowest BCUT2D eigenvalue weighted by atomic mass is 10.2. The van der Waals surface area contributed by atoms with Crippen molar-refractivity contribution >= 4 is 8.32 Å². The summed E-state index contributed by atoms with van der Waals surface area (Å²) in [6.45, 7) is 10.1. The van der Waals surface area contributed by atoms with Crippen molar-refractivity contribution in [3.05, 3.63) is 35.9 Å². The fourth-order valence-corrected chi connectivity index (χ4v) is 4.87. The van der Waals surface area contributed by atoms with Gasteiger partial charge in [-0.05, 0) is 37.0 Å². The topological polar surface area (TPSA) is 9.23 Å². The van der Waals surface area contributed by atoms with Crippen LogP contribution in [0.2, 0.25) is 19.1 Å². The maximum absolute atomic E-state index is 6.08. The van der Waals surface area contributed by atoms with E-state index in [1.807, 2.05) is 0 Å². The lowest BCUT2D eigenvalue weighted by Crippen LogP contribution is -2.32. The molecule has 2 heteroatoms. The molecule has 0 atom stereocenters. The van der Waals surface area contributed by atoms with E-state index in [2.05, 4.69) is 57.3 Å². The first-order chi connectivity index (χ1) is 7.49. The molecule has 0 N–H and O–H groups in total. The first-order valence-corrected chi connectivity index (χ1v) is 9.29. The zero-order chi connectivity index (χ0) is 12.0. The van der Waals surface area contributed by atoms with Crippen molar-refractivity contribution in [1.82, 2.24) is 0 Å². The van der Waals surface area contributed by atoms with Gasteiger partial charge in [0, 0.05) is 6.61 Å². The molecule has 0 bridgehead atoms. The number of benzene rings is 1. The van der Waals surface area contributed by atoms with Gasteiger partial charge >= 0.3 is 0 Å². The lowest BCUT2D eigenvalue weighted by molar-refractivity contribution is 0.307. The van der Waals surface area contributed by atoms with E-state index in [1.165, 1.54) is 11.6 Å². The molecule has 0 amide bonds. The van der Waals surface area contributed by atoms with Crippen molar-refractivity contribution in [2.24, 2.45) is 5.92 Å². The van der Waals surface area contributed by atoms with Crippen LogP contribution in [0.15, 0.2) is 30.3 Å². The molecule has 1 rings (SSSR count). The van der Waals surface area contributed by atoms with Crippen molar-refractivity contribution in [2.75, 3.05) is 6.61 Å². The highest BCUT2D eigenvalue weighted by atomic mass is 28.4. The highest BCUT2D eigenvalue weighted by molar-refractivity contribution is 6.71. The summed E-state index contributed by atoms with van der Waals surface area (Å²) >= 11 is 0. The summed E-state index contributed by atoms with van der Waals surface area (Å²) in [5, 5.41) is 0. The smallest absolute Gasteiger partial charge is 0.186 e. The second-order valence-corrected chi connectivity index (χ2v) is 9.66. The summed E-state index contributed by atoms with van der Waals surface area (Å²) in [7, 11) is -1.42. The van der Waals surface area contributed by atoms with Crippen LogP contribution < -0.4 is 0 Å². The Morgan fingerprint density at radius 1 is 1.12 bits per heavy atom. The standard InChI is InChI=1S/C14H24OSi/c1-13(2)12-16(3,4)15-11-10-14-8-6-5-7-9-14/h5-9,13H,10-12H2,1-4H3. The second-order valence-electron chi connectivity index (χ2n) is 5.44. The Morgan fingerprint density at radius 3 is 2.31 bits per heavy atom. The van der Waals surface area contributed by atoms with Gasteiger partial charge in [-0.2, -0.15) is 0 Å². The second kappa shape index (κ2) is 6.21. The maximum Gasteiger partial charge on any atom is 0.186 e. The maximum atomic E-state index is 6.08. The van der Waals surface area contributed by atoms with E-state index in [-0.39, 0.29) is 0 Å². The van der Waals surface area contributed by atoms with Gasteiger partial charge < -0.3 is 4.43 Å². The Bertz CT molecular complexity index is 293. The van der Waals surface area contributed by atoms with E-state index in [9.17, 15) is 0 Å². The summed E-state index contributed by atoms with van der Waals surface area (Å²) in [6.07, 6.45) is 1.04. The quantitative estimate of drug-likeness (QED) is 0.676. The van der Waals surface area contributed by atoms with E-state index >= 15 is 0 Å². The van der Waals surface area contributed by atoms with Gasteiger partial charge in [-0.15, -0.1) is 0 Å². The minimum atomic E-state index is -1.42. The lowest BCUT2D eigenvalue weighted by Gasteiger charge is -2.24. The predicted molar refractivity (Wildman–Crippen MR) is 73.2 cm³/mol. The molecule has 0 aliphatic carbocycles. The average molecular weight is 236 g/mol. The average Bonchev–Trinajstić information content (AvgIpc) is 2.16. The molecule has 0 spiro atoms. The third-order valence-corrected chi connectivity index (χ3v) is 5.41. The number of hydrogen-bond donors (Lipinski definition) is 0. The SMILES string of the molecule is CC(C)C[Si](C)(C)OCCc1ccccc1. The third kappa shape index (κ3) is 5.47. The molecule has 1 aromatic carbocycles. The third-order valence-electron chi connectivity index (χ3n) is 2.63. The van der Waals surface area contributed by atoms with Crippen LogP contribution in [-0.2, 0) is 10.8 Å². The fraction of sp³-hybridized carbons (Fsp3) is 0.571. The van der Waals surface area contributed by atoms with Crippen LogP contribution in [0.25, 0.3) is 0 Å². The van der Waals surface area contributed by atoms with Gasteiger partial charge in [0.05, 0.1) is 0 Å². The van der Waals surface area contributed by atoms with Crippen molar-refractivity contribution in [2.45, 2.75) is 39.4 Å². The van der Waals surface area contributed by atoms with Crippen molar-refractivity contribution in [3.8, 4) is 0 Å². The van der Waals surface area contributed by atoms with Gasteiger partial charge in [0.2, 0.25) is 0 Å². The molecular formula is C14H24OSi. The van der Waals surface area contributed by atoms with Crippen LogP contribution in [0.3, 0.4) is 0 Å². The Balaban J connectivity index is 2.30. The predicted octanol–water partition coefficient (Wildman–Crippen LogP) is 4.11. The highest BCUT2D eigenvalue weighted by Gasteiger charge is 2.23. The summed E-state index contributed by atoms with van der Waals surface area (Å²) in [5.41, 5.74) is 1.37. The van der Waals surface area contributed by atoms with E-state index in [0.29, 0.717) is 0 Å². The van der Waals surface area contributed by atoms with Gasteiger partial charge in [-0.1, -0.05) is 44.2 Å². The first kappa shape index (κ1) is 13.5. The molecule has 0 unspecified atom stereocenters. The summed E-state index contributed by atoms with van der Waals surface area (Å²) in [4.78, 5) is 0. The molecule has 0 aliphatic rings. The molecule has 0 aromatic heterocycles. The van der Waals surface area contributed by atoms with Crippen LogP contribution in [-0.4, -0.2) is 14.9 Å². The van der Waals surface area contributed by atoms with E-state index in [1.54, 1.807) is 0 Å². The highest BCUT2D eigenvalue weighted by Crippen LogP contribution is 2.17. The fourth-order valence-electron chi connectivity index (χ4n) is 2.13. The summed E-state index contributed by atoms with van der Waals surface area (Å²) < 4.78 is 6.08. The largest absolute Gasteiger partial charge is 0.417 e. The Morgan fingerprint density at radius 2 is 1.75 bits per heavy atom. The number of hydrogen-bond acceptors (Lipinski definition) is 1. The Hall–Kier alpha value is -0.603. The molecule has 90 valence electrons. The molecule has 0 saturated carbocycles. The Kier molecular flexibility index (Phi) is 5.23. The molecule has 0 aliphatic heterocycles. The monoisotopic (exact) mass is 236 g/mol. The van der Waals surface area contributed by atoms with Gasteiger partial charge in [0.25, 0.3) is 0 Å². The molecule has 0 saturated heterocycles. The summed E-state index contributed by atoms with van der Waals surface area (Å²) in [6, 6.07) is 11.8. The van der Waals surface area contributed by atoms with E-state index < -0.39 is 8.32 Å². The van der Waals surface area contributed by atoms with Crippen LogP contribution in [0.4, 0.5) is 0 Å². The molecule has 1 aromatic rings. The zero-order valence-electron chi connectivity index (χ0n) is 11.0. The molecular weight excluding hydrogens is 212 g/mol. The normalized spacial score (nSPS) is 12.1. The first-order valence-electron chi connectivity index (χ1n) is 6.17. The van der Waals surface area contributed by atoms with E-state index in [4.69, 9.17) is 4.43 Å². The van der Waals surface area contributed by atoms with E-state index in [0.717, 1.165) is 18.9 Å². The minimum Gasteiger partial charge on any atom is -0.417 e. The zero-order valence-corrected chi connectivity index (χ0v) is 12.0. The molecule has 0 fully saturated rings. The molecule has 0 radical (unpaired) electrons. The van der Waals surface area contributed by atoms with Crippen molar-refractivity contribution in [3.63, 3.8) is 0 Å². The van der Waals surface area contributed by atoms with Crippen LogP contribution in [0, 0.1) is 5.92 Å². The van der Waals surface area contributed by atoms with Crippen LogP contribution >= 0.6 is 0 Å². The van der Waals surface area contributed by atoms with Gasteiger partial charge in [-0.25, -0.2) is 0 Å². The van der Waals surface area contributed by atoms with Crippen LogP contribution in [0.1, 0.15) is 19.4 Å². The van der Waals surface area contributed by atoms with Crippen LogP contribution in [0.5, 0.6) is 0 Å². The minimum absolute atomic E-state index is 0.749.